The number of hydrogen-bond acceptors (Lipinski definition) is 2. The van der Waals surface area contributed by atoms with E-state index in [0.717, 1.165) is 0 Å². The molecular weight excluding hydrogens is 270 g/mol. The van der Waals surface area contributed by atoms with Gasteiger partial charge in [-0.1, -0.05) is 22.9 Å². The first-order chi connectivity index (χ1) is 7.54. The van der Waals surface area contributed by atoms with Crippen LogP contribution >= 0.6 is 15.9 Å². The first kappa shape index (κ1) is 12.9. The van der Waals surface area contributed by atoms with Crippen molar-refractivity contribution in [1.29, 1.82) is 0 Å². The third-order valence-electron chi connectivity index (χ3n) is 2.14. The van der Waals surface area contributed by atoms with Crippen molar-refractivity contribution < 1.29 is 9.59 Å². The lowest BCUT2D eigenvalue weighted by molar-refractivity contribution is -0.115. The standard InChI is InChI=1S/C12H14BrNO2/c1-3-11(15)14-10-6-4-9(5-7-10)12(16)8(2)13/h4-8H,3H2,1-2H3,(H,14,15). The van der Waals surface area contributed by atoms with Crippen molar-refractivity contribution in [1.82, 2.24) is 0 Å². The van der Waals surface area contributed by atoms with Gasteiger partial charge in [-0.2, -0.15) is 0 Å². The molecule has 1 unspecified atom stereocenters. The Hall–Kier alpha value is -1.16. The van der Waals surface area contributed by atoms with E-state index in [4.69, 9.17) is 0 Å². The van der Waals surface area contributed by atoms with Gasteiger partial charge in [0.15, 0.2) is 5.78 Å². The van der Waals surface area contributed by atoms with Crippen LogP contribution in [0, 0.1) is 0 Å². The second kappa shape index (κ2) is 5.80. The van der Waals surface area contributed by atoms with Crippen LogP contribution in [0.5, 0.6) is 0 Å². The largest absolute Gasteiger partial charge is 0.326 e. The molecule has 0 saturated heterocycles. The summed E-state index contributed by atoms with van der Waals surface area (Å²) >= 11 is 3.23. The zero-order chi connectivity index (χ0) is 12.1. The molecule has 0 saturated carbocycles. The summed E-state index contributed by atoms with van der Waals surface area (Å²) in [5.74, 6) is 0.00121. The third-order valence-corrected chi connectivity index (χ3v) is 2.55. The molecule has 1 amide bonds. The number of carbonyl (C=O) groups excluding carboxylic acids is 2. The zero-order valence-corrected chi connectivity index (χ0v) is 10.9. The van der Waals surface area contributed by atoms with Crippen molar-refractivity contribution in [2.24, 2.45) is 0 Å². The number of halogens is 1. The normalized spacial score (nSPS) is 11.9. The predicted molar refractivity (Wildman–Crippen MR) is 68.1 cm³/mol. The van der Waals surface area contributed by atoms with Crippen LogP contribution in [0.4, 0.5) is 5.69 Å². The molecule has 0 heterocycles. The average molecular weight is 284 g/mol. The molecule has 0 aliphatic rings. The first-order valence-corrected chi connectivity index (χ1v) is 6.04. The van der Waals surface area contributed by atoms with Crippen LogP contribution in [0.25, 0.3) is 0 Å². The number of carbonyl (C=O) groups is 2. The molecule has 1 rings (SSSR count). The number of ketones is 1. The minimum Gasteiger partial charge on any atom is -0.326 e. The smallest absolute Gasteiger partial charge is 0.224 e. The Morgan fingerprint density at radius 3 is 2.31 bits per heavy atom. The van der Waals surface area contributed by atoms with Gasteiger partial charge in [-0.15, -0.1) is 0 Å². The maximum absolute atomic E-state index is 11.6. The lowest BCUT2D eigenvalue weighted by Gasteiger charge is -2.06. The number of amides is 1. The maximum atomic E-state index is 11.6. The molecule has 1 aromatic rings. The zero-order valence-electron chi connectivity index (χ0n) is 9.29. The van der Waals surface area contributed by atoms with Gasteiger partial charge in [0.1, 0.15) is 0 Å². The highest BCUT2D eigenvalue weighted by Crippen LogP contribution is 2.14. The summed E-state index contributed by atoms with van der Waals surface area (Å²) in [6, 6.07) is 6.89. The first-order valence-electron chi connectivity index (χ1n) is 5.12. The predicted octanol–water partition coefficient (Wildman–Crippen LogP) is 3.00. The number of nitrogens with one attached hydrogen (secondary N) is 1. The third kappa shape index (κ3) is 3.45. The molecule has 0 aliphatic carbocycles. The molecule has 0 fully saturated rings. The van der Waals surface area contributed by atoms with Gasteiger partial charge < -0.3 is 5.32 Å². The molecule has 16 heavy (non-hydrogen) atoms. The summed E-state index contributed by atoms with van der Waals surface area (Å²) in [4.78, 5) is 22.5. The van der Waals surface area contributed by atoms with Gasteiger partial charge in [0.25, 0.3) is 0 Å². The van der Waals surface area contributed by atoms with Gasteiger partial charge in [-0.05, 0) is 31.2 Å². The summed E-state index contributed by atoms with van der Waals surface area (Å²) in [7, 11) is 0. The van der Waals surface area contributed by atoms with Gasteiger partial charge in [0.05, 0.1) is 4.83 Å². The van der Waals surface area contributed by atoms with Crippen LogP contribution in [0.2, 0.25) is 0 Å². The quantitative estimate of drug-likeness (QED) is 0.682. The van der Waals surface area contributed by atoms with Crippen molar-refractivity contribution in [2.45, 2.75) is 25.1 Å². The van der Waals surface area contributed by atoms with Crippen molar-refractivity contribution in [2.75, 3.05) is 5.32 Å². The topological polar surface area (TPSA) is 46.2 Å². The Labute approximate surface area is 103 Å². The molecule has 4 heteroatoms. The average Bonchev–Trinajstić information content (AvgIpc) is 2.28. The van der Waals surface area contributed by atoms with Crippen LogP contribution in [-0.2, 0) is 4.79 Å². The highest BCUT2D eigenvalue weighted by molar-refractivity contribution is 9.10. The Morgan fingerprint density at radius 1 is 1.31 bits per heavy atom. The SMILES string of the molecule is CCC(=O)Nc1ccc(C(=O)C(C)Br)cc1. The second-order valence-corrected chi connectivity index (χ2v) is 4.83. The van der Waals surface area contributed by atoms with Gasteiger partial charge in [-0.25, -0.2) is 0 Å². The highest BCUT2D eigenvalue weighted by Gasteiger charge is 2.11. The molecule has 86 valence electrons. The fraction of sp³-hybridized carbons (Fsp3) is 0.333. The number of Topliss-reactive ketones (excluding diaryl/α,β-unsaturated/α-hetero) is 1. The van der Waals surface area contributed by atoms with E-state index in [1.165, 1.54) is 0 Å². The molecule has 0 spiro atoms. The van der Waals surface area contributed by atoms with Crippen LogP contribution in [-0.4, -0.2) is 16.5 Å². The van der Waals surface area contributed by atoms with E-state index >= 15 is 0 Å². The van der Waals surface area contributed by atoms with E-state index in [1.807, 2.05) is 0 Å². The fourth-order valence-electron chi connectivity index (χ4n) is 1.20. The van der Waals surface area contributed by atoms with E-state index in [9.17, 15) is 9.59 Å². The van der Waals surface area contributed by atoms with Crippen LogP contribution in [0.3, 0.4) is 0 Å². The van der Waals surface area contributed by atoms with E-state index in [-0.39, 0.29) is 16.5 Å². The van der Waals surface area contributed by atoms with Crippen molar-refractivity contribution >= 4 is 33.3 Å². The van der Waals surface area contributed by atoms with E-state index < -0.39 is 0 Å². The van der Waals surface area contributed by atoms with E-state index in [2.05, 4.69) is 21.2 Å². The lowest BCUT2D eigenvalue weighted by atomic mass is 10.1. The molecule has 0 aromatic heterocycles. The number of rotatable bonds is 4. The Morgan fingerprint density at radius 2 is 1.88 bits per heavy atom. The van der Waals surface area contributed by atoms with E-state index in [0.29, 0.717) is 17.7 Å². The van der Waals surface area contributed by atoms with Crippen LogP contribution in [0.15, 0.2) is 24.3 Å². The van der Waals surface area contributed by atoms with Gasteiger partial charge in [0.2, 0.25) is 5.91 Å². The van der Waals surface area contributed by atoms with Gasteiger partial charge in [0, 0.05) is 17.7 Å². The summed E-state index contributed by atoms with van der Waals surface area (Å²) < 4.78 is 0. The molecule has 0 bridgehead atoms. The summed E-state index contributed by atoms with van der Waals surface area (Å²) in [5, 5.41) is 2.72. The van der Waals surface area contributed by atoms with Crippen molar-refractivity contribution in [3.05, 3.63) is 29.8 Å². The summed E-state index contributed by atoms with van der Waals surface area (Å²) in [6.07, 6.45) is 0.444. The fourth-order valence-corrected chi connectivity index (χ4v) is 1.46. The number of benzene rings is 1. The molecular formula is C12H14BrNO2. The Kier molecular flexibility index (Phi) is 4.68. The summed E-state index contributed by atoms with van der Waals surface area (Å²) in [5.41, 5.74) is 1.35. The second-order valence-electron chi connectivity index (χ2n) is 3.46. The van der Waals surface area contributed by atoms with Crippen molar-refractivity contribution in [3.63, 3.8) is 0 Å². The highest BCUT2D eigenvalue weighted by atomic mass is 79.9. The molecule has 0 radical (unpaired) electrons. The van der Waals surface area contributed by atoms with Gasteiger partial charge >= 0.3 is 0 Å². The monoisotopic (exact) mass is 283 g/mol. The molecule has 3 nitrogen and oxygen atoms in total. The number of anilines is 1. The van der Waals surface area contributed by atoms with Crippen LogP contribution in [0.1, 0.15) is 30.6 Å². The molecule has 1 aromatic carbocycles. The number of alkyl halides is 1. The molecule has 1 N–H and O–H groups in total. The lowest BCUT2D eigenvalue weighted by Crippen LogP contribution is -2.11. The van der Waals surface area contributed by atoms with Crippen LogP contribution < -0.4 is 5.32 Å². The Balaban J connectivity index is 2.75. The minimum absolute atomic E-state index is 0.0343. The molecule has 1 atom stereocenters. The van der Waals surface area contributed by atoms with E-state index in [1.54, 1.807) is 38.1 Å². The minimum atomic E-state index is -0.191. The molecule has 0 aliphatic heterocycles. The maximum Gasteiger partial charge on any atom is 0.224 e. The number of hydrogen-bond donors (Lipinski definition) is 1. The summed E-state index contributed by atoms with van der Waals surface area (Å²) in [6.45, 7) is 3.58. The van der Waals surface area contributed by atoms with Gasteiger partial charge in [-0.3, -0.25) is 9.59 Å². The van der Waals surface area contributed by atoms with Crippen molar-refractivity contribution in [3.8, 4) is 0 Å². The Bertz CT molecular complexity index is 385.